The zero-order valence-electron chi connectivity index (χ0n) is 15.2. The van der Waals surface area contributed by atoms with E-state index in [0.29, 0.717) is 18.4 Å². The van der Waals surface area contributed by atoms with Gasteiger partial charge in [0.15, 0.2) is 0 Å². The lowest BCUT2D eigenvalue weighted by Gasteiger charge is -2.23. The van der Waals surface area contributed by atoms with Crippen molar-refractivity contribution in [2.45, 2.75) is 45.1 Å². The summed E-state index contributed by atoms with van der Waals surface area (Å²) in [6.45, 7) is 4.01. The molecule has 1 aliphatic carbocycles. The molecular formula is C20H29FN2O2. The lowest BCUT2D eigenvalue weighted by Crippen LogP contribution is -2.35. The van der Waals surface area contributed by atoms with E-state index in [4.69, 9.17) is 4.74 Å². The van der Waals surface area contributed by atoms with E-state index in [1.807, 2.05) is 4.90 Å². The van der Waals surface area contributed by atoms with Crippen LogP contribution in [0.5, 0.6) is 5.75 Å². The van der Waals surface area contributed by atoms with Crippen LogP contribution in [0, 0.1) is 11.7 Å². The number of amides is 1. The third-order valence-corrected chi connectivity index (χ3v) is 5.52. The van der Waals surface area contributed by atoms with E-state index >= 15 is 0 Å². The number of ether oxygens (including phenoxy) is 1. The predicted octanol–water partition coefficient (Wildman–Crippen LogP) is 3.45. The van der Waals surface area contributed by atoms with Gasteiger partial charge in [0.1, 0.15) is 11.6 Å². The highest BCUT2D eigenvalue weighted by molar-refractivity contribution is 5.76. The second-order valence-corrected chi connectivity index (χ2v) is 7.32. The third kappa shape index (κ3) is 4.94. The first-order valence-corrected chi connectivity index (χ1v) is 9.48. The van der Waals surface area contributed by atoms with Gasteiger partial charge in [-0.05, 0) is 43.4 Å². The lowest BCUT2D eigenvalue weighted by atomic mass is 10.0. The van der Waals surface area contributed by atoms with Gasteiger partial charge in [0.05, 0.1) is 7.11 Å². The molecule has 2 fully saturated rings. The molecule has 0 bridgehead atoms. The summed E-state index contributed by atoms with van der Waals surface area (Å²) in [4.78, 5) is 16.9. The van der Waals surface area contributed by atoms with Crippen molar-refractivity contribution < 1.29 is 13.9 Å². The SMILES string of the molecule is COc1ccc(F)cc1CN1CCCN(C(=O)CC2CCCC2)CC1. The summed E-state index contributed by atoms with van der Waals surface area (Å²) in [6, 6.07) is 4.65. The van der Waals surface area contributed by atoms with Crippen molar-refractivity contribution >= 4 is 5.91 Å². The van der Waals surface area contributed by atoms with Crippen molar-refractivity contribution in [2.24, 2.45) is 5.92 Å². The molecule has 1 heterocycles. The van der Waals surface area contributed by atoms with Crippen molar-refractivity contribution in [1.29, 1.82) is 0 Å². The molecule has 1 saturated carbocycles. The van der Waals surface area contributed by atoms with E-state index in [1.54, 1.807) is 19.2 Å². The van der Waals surface area contributed by atoms with Crippen molar-refractivity contribution in [3.05, 3.63) is 29.6 Å². The maximum atomic E-state index is 13.6. The number of hydrogen-bond acceptors (Lipinski definition) is 3. The molecule has 1 saturated heterocycles. The van der Waals surface area contributed by atoms with Gasteiger partial charge in [0.25, 0.3) is 0 Å². The van der Waals surface area contributed by atoms with Crippen molar-refractivity contribution in [3.63, 3.8) is 0 Å². The van der Waals surface area contributed by atoms with Crippen LogP contribution in [0.3, 0.4) is 0 Å². The van der Waals surface area contributed by atoms with Gasteiger partial charge in [-0.3, -0.25) is 9.69 Å². The van der Waals surface area contributed by atoms with E-state index in [1.165, 1.54) is 31.7 Å². The quantitative estimate of drug-likeness (QED) is 0.817. The Balaban J connectivity index is 1.54. The highest BCUT2D eigenvalue weighted by atomic mass is 19.1. The highest BCUT2D eigenvalue weighted by Crippen LogP contribution is 2.28. The van der Waals surface area contributed by atoms with E-state index in [0.717, 1.165) is 50.3 Å². The Morgan fingerprint density at radius 2 is 1.96 bits per heavy atom. The number of rotatable bonds is 5. The third-order valence-electron chi connectivity index (χ3n) is 5.52. The van der Waals surface area contributed by atoms with Crippen LogP contribution in [0.15, 0.2) is 18.2 Å². The first-order chi connectivity index (χ1) is 12.2. The number of carbonyl (C=O) groups excluding carboxylic acids is 1. The molecule has 0 atom stereocenters. The Bertz CT molecular complexity index is 587. The molecule has 5 heteroatoms. The van der Waals surface area contributed by atoms with Gasteiger partial charge in [-0.15, -0.1) is 0 Å². The molecule has 1 amide bonds. The van der Waals surface area contributed by atoms with E-state index in [9.17, 15) is 9.18 Å². The predicted molar refractivity (Wildman–Crippen MR) is 96.0 cm³/mol. The minimum absolute atomic E-state index is 0.237. The second kappa shape index (κ2) is 8.65. The molecule has 0 unspecified atom stereocenters. The maximum Gasteiger partial charge on any atom is 0.222 e. The molecule has 2 aliphatic rings. The van der Waals surface area contributed by atoms with Gasteiger partial charge in [-0.2, -0.15) is 0 Å². The summed E-state index contributed by atoms with van der Waals surface area (Å²) >= 11 is 0. The minimum atomic E-state index is -0.237. The zero-order chi connectivity index (χ0) is 17.6. The number of hydrogen-bond donors (Lipinski definition) is 0. The monoisotopic (exact) mass is 348 g/mol. The maximum absolute atomic E-state index is 13.6. The summed E-state index contributed by atoms with van der Waals surface area (Å²) in [6.07, 6.45) is 6.67. The topological polar surface area (TPSA) is 32.8 Å². The molecule has 0 radical (unpaired) electrons. The number of halogens is 1. The smallest absolute Gasteiger partial charge is 0.222 e. The Hall–Kier alpha value is -1.62. The molecule has 3 rings (SSSR count). The zero-order valence-corrected chi connectivity index (χ0v) is 15.2. The van der Waals surface area contributed by atoms with Gasteiger partial charge < -0.3 is 9.64 Å². The fourth-order valence-corrected chi connectivity index (χ4v) is 4.08. The summed E-state index contributed by atoms with van der Waals surface area (Å²) in [5.41, 5.74) is 0.869. The largest absolute Gasteiger partial charge is 0.496 e. The van der Waals surface area contributed by atoms with Crippen LogP contribution in [0.25, 0.3) is 0 Å². The fourth-order valence-electron chi connectivity index (χ4n) is 4.08. The summed E-state index contributed by atoms with van der Waals surface area (Å²) in [7, 11) is 1.61. The van der Waals surface area contributed by atoms with Crippen LogP contribution in [0.2, 0.25) is 0 Å². The number of carbonyl (C=O) groups is 1. The van der Waals surface area contributed by atoms with E-state index < -0.39 is 0 Å². The average molecular weight is 348 g/mol. The van der Waals surface area contributed by atoms with E-state index in [2.05, 4.69) is 4.90 Å². The summed E-state index contributed by atoms with van der Waals surface area (Å²) < 4.78 is 18.9. The Morgan fingerprint density at radius 3 is 2.72 bits per heavy atom. The Labute approximate surface area is 149 Å². The fraction of sp³-hybridized carbons (Fsp3) is 0.650. The van der Waals surface area contributed by atoms with Crippen molar-refractivity contribution in [2.75, 3.05) is 33.3 Å². The van der Waals surface area contributed by atoms with Gasteiger partial charge in [-0.25, -0.2) is 4.39 Å². The number of benzene rings is 1. The summed E-state index contributed by atoms with van der Waals surface area (Å²) in [5.74, 6) is 1.40. The Morgan fingerprint density at radius 1 is 1.16 bits per heavy atom. The molecular weight excluding hydrogens is 319 g/mol. The number of nitrogens with zero attached hydrogens (tertiary/aromatic N) is 2. The Kier molecular flexibility index (Phi) is 6.29. The second-order valence-electron chi connectivity index (χ2n) is 7.32. The average Bonchev–Trinajstić information content (AvgIpc) is 2.99. The molecule has 1 aromatic rings. The molecule has 1 aromatic carbocycles. The van der Waals surface area contributed by atoms with E-state index in [-0.39, 0.29) is 5.82 Å². The van der Waals surface area contributed by atoms with Crippen molar-refractivity contribution in [1.82, 2.24) is 9.80 Å². The first kappa shape index (κ1) is 18.2. The van der Waals surface area contributed by atoms with Crippen LogP contribution < -0.4 is 4.74 Å². The molecule has 0 N–H and O–H groups in total. The van der Waals surface area contributed by atoms with Gasteiger partial charge in [-0.1, -0.05) is 12.8 Å². The van der Waals surface area contributed by atoms with Crippen molar-refractivity contribution in [3.8, 4) is 5.75 Å². The van der Waals surface area contributed by atoms with Crippen LogP contribution in [0.1, 0.15) is 44.1 Å². The summed E-state index contributed by atoms with van der Waals surface area (Å²) in [5, 5.41) is 0. The van der Waals surface area contributed by atoms with Crippen LogP contribution in [0.4, 0.5) is 4.39 Å². The highest BCUT2D eigenvalue weighted by Gasteiger charge is 2.24. The van der Waals surface area contributed by atoms with Crippen LogP contribution in [-0.4, -0.2) is 49.0 Å². The molecule has 4 nitrogen and oxygen atoms in total. The normalized spacial score (nSPS) is 19.8. The van der Waals surface area contributed by atoms with Crippen LogP contribution >= 0.6 is 0 Å². The standard InChI is InChI=1S/C20H29FN2O2/c1-25-19-8-7-18(21)14-17(19)15-22-9-4-10-23(12-11-22)20(24)13-16-5-2-3-6-16/h7-8,14,16H,2-6,9-13,15H2,1H3. The van der Waals surface area contributed by atoms with Gasteiger partial charge in [0, 0.05) is 44.7 Å². The molecule has 1 aliphatic heterocycles. The molecule has 0 spiro atoms. The van der Waals surface area contributed by atoms with Gasteiger partial charge in [0.2, 0.25) is 5.91 Å². The lowest BCUT2D eigenvalue weighted by molar-refractivity contribution is -0.132. The van der Waals surface area contributed by atoms with Crippen LogP contribution in [-0.2, 0) is 11.3 Å². The molecule has 0 aromatic heterocycles. The molecule has 138 valence electrons. The molecule has 25 heavy (non-hydrogen) atoms. The number of methoxy groups -OCH3 is 1. The van der Waals surface area contributed by atoms with Gasteiger partial charge >= 0.3 is 0 Å². The minimum Gasteiger partial charge on any atom is -0.496 e. The first-order valence-electron chi connectivity index (χ1n) is 9.48.